The van der Waals surface area contributed by atoms with E-state index < -0.39 is 28.5 Å². The van der Waals surface area contributed by atoms with Crippen LogP contribution in [0.5, 0.6) is 0 Å². The molecule has 0 rings (SSSR count). The van der Waals surface area contributed by atoms with Crippen LogP contribution < -0.4 is 0 Å². The lowest BCUT2D eigenvalue weighted by atomic mass is 9.75. The van der Waals surface area contributed by atoms with Crippen molar-refractivity contribution >= 4 is 22.0 Å². The van der Waals surface area contributed by atoms with Gasteiger partial charge < -0.3 is 5.11 Å². The Kier molecular flexibility index (Phi) is 29.7. The van der Waals surface area contributed by atoms with Gasteiger partial charge in [-0.25, -0.2) is 4.18 Å². The monoisotopic (exact) mass is 675 g/mol. The molecule has 1 unspecified atom stereocenters. The zero-order valence-corrected chi connectivity index (χ0v) is 31.2. The zero-order valence-electron chi connectivity index (χ0n) is 30.3. The summed E-state index contributed by atoms with van der Waals surface area (Å²) in [5.74, 6) is -2.01. The minimum Gasteiger partial charge on any atom is -0.396 e. The lowest BCUT2D eigenvalue weighted by Gasteiger charge is -2.36. The Balaban J connectivity index is 4.72. The van der Waals surface area contributed by atoms with Gasteiger partial charge in [0.25, 0.3) is 0 Å². The number of Topliss-reactive ketones (excluding diaryl/α,β-unsaturated/α-hetero) is 2. The molecule has 0 saturated carbocycles. The standard InChI is InChI=1S/C38H74O7S/c1-4-7-9-11-13-15-17-19-21-23-25-27-29-31-35(40)37(38(6-3,33-34-39)45-46(42,43)44)36(41)32-30-28-26-24-22-20-18-16-14-12-10-8-5-2/h37,39H,4-34H2,1-3H3,(H,42,43,44). The van der Waals surface area contributed by atoms with E-state index in [1.807, 2.05) is 0 Å². The number of carbonyl (C=O) groups is 2. The molecule has 0 saturated heterocycles. The van der Waals surface area contributed by atoms with Crippen LogP contribution in [-0.2, 0) is 24.2 Å². The molecule has 0 aliphatic heterocycles. The lowest BCUT2D eigenvalue weighted by molar-refractivity contribution is -0.144. The quantitative estimate of drug-likeness (QED) is 0.0385. The first-order chi connectivity index (χ1) is 22.2. The topological polar surface area (TPSA) is 118 Å². The SMILES string of the molecule is CCCCCCCCCCCCCCCC(=O)C(C(=O)CCCCCCCCCCCCCCC)C(CC)(CCO)OS(=O)(=O)O. The highest BCUT2D eigenvalue weighted by Crippen LogP contribution is 2.35. The van der Waals surface area contributed by atoms with Crippen LogP contribution in [0, 0.1) is 5.92 Å². The van der Waals surface area contributed by atoms with Crippen LogP contribution in [0.4, 0.5) is 0 Å². The van der Waals surface area contributed by atoms with E-state index >= 15 is 0 Å². The van der Waals surface area contributed by atoms with Gasteiger partial charge in [0, 0.05) is 25.9 Å². The molecule has 0 aliphatic rings. The molecule has 274 valence electrons. The van der Waals surface area contributed by atoms with E-state index in [1.165, 1.54) is 116 Å². The summed E-state index contributed by atoms with van der Waals surface area (Å²) in [5, 5.41) is 9.76. The van der Waals surface area contributed by atoms with Crippen molar-refractivity contribution in [1.82, 2.24) is 0 Å². The van der Waals surface area contributed by atoms with Gasteiger partial charge in [-0.3, -0.25) is 14.1 Å². The number of rotatable bonds is 36. The van der Waals surface area contributed by atoms with Gasteiger partial charge >= 0.3 is 10.4 Å². The molecular formula is C38H74O7S. The van der Waals surface area contributed by atoms with Crippen LogP contribution in [0.2, 0.25) is 0 Å². The van der Waals surface area contributed by atoms with E-state index in [2.05, 4.69) is 13.8 Å². The molecule has 0 amide bonds. The third-order valence-corrected chi connectivity index (χ3v) is 10.2. The normalized spacial score (nSPS) is 13.3. The first kappa shape index (κ1) is 45.2. The smallest absolute Gasteiger partial charge is 0.396 e. The van der Waals surface area contributed by atoms with E-state index in [-0.39, 0.29) is 37.2 Å². The van der Waals surface area contributed by atoms with Gasteiger partial charge in [0.1, 0.15) is 23.1 Å². The van der Waals surface area contributed by atoms with Crippen molar-refractivity contribution < 1.29 is 31.8 Å². The molecule has 0 radical (unpaired) electrons. The highest BCUT2D eigenvalue weighted by molar-refractivity contribution is 7.80. The molecule has 46 heavy (non-hydrogen) atoms. The minimum absolute atomic E-state index is 0.00665. The van der Waals surface area contributed by atoms with Crippen LogP contribution in [0.15, 0.2) is 0 Å². The molecule has 0 heterocycles. The van der Waals surface area contributed by atoms with Gasteiger partial charge in [-0.15, -0.1) is 0 Å². The van der Waals surface area contributed by atoms with Crippen molar-refractivity contribution in [3.8, 4) is 0 Å². The van der Waals surface area contributed by atoms with Crippen molar-refractivity contribution in [1.29, 1.82) is 0 Å². The summed E-state index contributed by atoms with van der Waals surface area (Å²) in [4.78, 5) is 27.1. The van der Waals surface area contributed by atoms with Gasteiger partial charge in [-0.2, -0.15) is 8.42 Å². The van der Waals surface area contributed by atoms with Gasteiger partial charge in [0.15, 0.2) is 0 Å². The third kappa shape index (κ3) is 24.3. The van der Waals surface area contributed by atoms with E-state index in [9.17, 15) is 27.7 Å². The Morgan fingerprint density at radius 3 is 1.07 bits per heavy atom. The molecule has 0 aromatic carbocycles. The van der Waals surface area contributed by atoms with Crippen molar-refractivity contribution in [2.24, 2.45) is 5.92 Å². The first-order valence-corrected chi connectivity index (χ1v) is 20.9. The van der Waals surface area contributed by atoms with Gasteiger partial charge in [0.05, 0.1) is 0 Å². The van der Waals surface area contributed by atoms with Gasteiger partial charge in [-0.05, 0) is 19.3 Å². The maximum atomic E-state index is 13.5. The second kappa shape index (κ2) is 30.2. The molecule has 0 aromatic heterocycles. The van der Waals surface area contributed by atoms with E-state index in [0.717, 1.165) is 38.5 Å². The molecule has 8 heteroatoms. The van der Waals surface area contributed by atoms with Gasteiger partial charge in [-0.1, -0.05) is 175 Å². The summed E-state index contributed by atoms with van der Waals surface area (Å²) >= 11 is 0. The Hall–Kier alpha value is -0.830. The molecule has 2 N–H and O–H groups in total. The van der Waals surface area contributed by atoms with Crippen LogP contribution in [0.1, 0.15) is 213 Å². The molecule has 7 nitrogen and oxygen atoms in total. The summed E-state index contributed by atoms with van der Waals surface area (Å²) < 4.78 is 38.3. The first-order valence-electron chi connectivity index (χ1n) is 19.5. The molecule has 0 aliphatic carbocycles. The largest absolute Gasteiger partial charge is 0.397 e. The third-order valence-electron chi connectivity index (χ3n) is 9.63. The highest BCUT2D eigenvalue weighted by atomic mass is 32.3. The molecule has 0 aromatic rings. The fraction of sp³-hybridized carbons (Fsp3) is 0.947. The molecular weight excluding hydrogens is 600 g/mol. The van der Waals surface area contributed by atoms with E-state index in [4.69, 9.17) is 4.18 Å². The summed E-state index contributed by atoms with van der Waals surface area (Å²) in [6, 6.07) is 0. The molecule has 0 spiro atoms. The number of hydrogen-bond donors (Lipinski definition) is 2. The Morgan fingerprint density at radius 1 is 0.543 bits per heavy atom. The fourth-order valence-electron chi connectivity index (χ4n) is 6.76. The zero-order chi connectivity index (χ0) is 34.4. The van der Waals surface area contributed by atoms with Crippen LogP contribution in [0.25, 0.3) is 0 Å². The Labute approximate surface area is 284 Å². The van der Waals surface area contributed by atoms with Crippen molar-refractivity contribution in [3.05, 3.63) is 0 Å². The summed E-state index contributed by atoms with van der Waals surface area (Å²) in [5.41, 5.74) is -1.77. The van der Waals surface area contributed by atoms with Crippen molar-refractivity contribution in [2.75, 3.05) is 6.61 Å². The molecule has 1 atom stereocenters. The summed E-state index contributed by atoms with van der Waals surface area (Å²) in [6.45, 7) is 5.65. The minimum atomic E-state index is -4.94. The van der Waals surface area contributed by atoms with Crippen LogP contribution in [0.3, 0.4) is 0 Å². The van der Waals surface area contributed by atoms with Crippen LogP contribution in [-0.4, -0.2) is 41.9 Å². The molecule has 0 bridgehead atoms. The Bertz CT molecular complexity index is 787. The number of aliphatic hydroxyl groups excluding tert-OH is 1. The number of hydrogen-bond acceptors (Lipinski definition) is 6. The predicted molar refractivity (Wildman–Crippen MR) is 191 cm³/mol. The summed E-state index contributed by atoms with van der Waals surface area (Å²) in [6.07, 6.45) is 30.8. The van der Waals surface area contributed by atoms with Crippen LogP contribution >= 0.6 is 0 Å². The second-order valence-corrected chi connectivity index (χ2v) is 14.8. The van der Waals surface area contributed by atoms with E-state index in [0.29, 0.717) is 12.8 Å². The molecule has 0 fully saturated rings. The van der Waals surface area contributed by atoms with Crippen molar-refractivity contribution in [3.63, 3.8) is 0 Å². The average molecular weight is 675 g/mol. The van der Waals surface area contributed by atoms with Crippen molar-refractivity contribution in [2.45, 2.75) is 219 Å². The average Bonchev–Trinajstić information content (AvgIpc) is 3.01. The predicted octanol–water partition coefficient (Wildman–Crippen LogP) is 11.1. The maximum absolute atomic E-state index is 13.5. The Morgan fingerprint density at radius 2 is 0.826 bits per heavy atom. The second-order valence-electron chi connectivity index (χ2n) is 13.8. The van der Waals surface area contributed by atoms with E-state index in [1.54, 1.807) is 6.92 Å². The van der Waals surface area contributed by atoms with Gasteiger partial charge in [0.2, 0.25) is 0 Å². The number of carbonyl (C=O) groups excluding carboxylic acids is 2. The number of aliphatic hydroxyl groups is 1. The lowest BCUT2D eigenvalue weighted by Crippen LogP contribution is -2.50. The summed E-state index contributed by atoms with van der Waals surface area (Å²) in [7, 11) is -4.94. The number of unbranched alkanes of at least 4 members (excludes halogenated alkanes) is 24. The fourth-order valence-corrected chi connectivity index (χ4v) is 7.48. The maximum Gasteiger partial charge on any atom is 0.397 e. The highest BCUT2D eigenvalue weighted by Gasteiger charge is 2.48. The number of ketones is 2.